The number of amides is 2. The SMILES string of the molecule is O=C(NC[C@@H](c1ccccc1)N1CCCC1)NCC1(O)CCC1. The molecule has 0 spiro atoms. The molecule has 1 saturated carbocycles. The van der Waals surface area contributed by atoms with Crippen LogP contribution in [0.4, 0.5) is 4.79 Å². The molecule has 0 bridgehead atoms. The Balaban J connectivity index is 1.52. The van der Waals surface area contributed by atoms with Crippen LogP contribution in [0.15, 0.2) is 30.3 Å². The lowest BCUT2D eigenvalue weighted by Crippen LogP contribution is -2.51. The summed E-state index contributed by atoms with van der Waals surface area (Å²) in [4.78, 5) is 14.5. The van der Waals surface area contributed by atoms with Gasteiger partial charge in [0.2, 0.25) is 0 Å². The van der Waals surface area contributed by atoms with Gasteiger partial charge in [-0.25, -0.2) is 4.79 Å². The van der Waals surface area contributed by atoms with Crippen molar-refractivity contribution in [1.82, 2.24) is 15.5 Å². The van der Waals surface area contributed by atoms with Crippen molar-refractivity contribution in [3.63, 3.8) is 0 Å². The molecule has 1 saturated heterocycles. The summed E-state index contributed by atoms with van der Waals surface area (Å²) in [5.74, 6) is 0. The van der Waals surface area contributed by atoms with Crippen molar-refractivity contribution in [1.29, 1.82) is 0 Å². The molecule has 2 fully saturated rings. The number of rotatable bonds is 6. The van der Waals surface area contributed by atoms with Crippen molar-refractivity contribution in [3.8, 4) is 0 Å². The van der Waals surface area contributed by atoms with Crippen molar-refractivity contribution >= 4 is 6.03 Å². The number of nitrogens with zero attached hydrogens (tertiary/aromatic N) is 1. The van der Waals surface area contributed by atoms with Gasteiger partial charge in [0, 0.05) is 13.1 Å². The Kier molecular flexibility index (Phi) is 5.18. The highest BCUT2D eigenvalue weighted by molar-refractivity contribution is 5.74. The molecule has 0 radical (unpaired) electrons. The van der Waals surface area contributed by atoms with Gasteiger partial charge in [0.15, 0.2) is 0 Å². The third-order valence-electron chi connectivity index (χ3n) is 5.08. The zero-order valence-electron chi connectivity index (χ0n) is 13.6. The van der Waals surface area contributed by atoms with E-state index in [-0.39, 0.29) is 12.1 Å². The molecule has 1 heterocycles. The smallest absolute Gasteiger partial charge is 0.314 e. The molecule has 2 amide bonds. The fraction of sp³-hybridized carbons (Fsp3) is 0.611. The summed E-state index contributed by atoms with van der Waals surface area (Å²) >= 11 is 0. The average Bonchev–Trinajstić information content (AvgIpc) is 3.06. The van der Waals surface area contributed by atoms with E-state index in [9.17, 15) is 9.90 Å². The maximum Gasteiger partial charge on any atom is 0.314 e. The Hall–Kier alpha value is -1.59. The predicted octanol–water partition coefficient (Wildman–Crippen LogP) is 2.04. The summed E-state index contributed by atoms with van der Waals surface area (Å²) in [6.07, 6.45) is 5.07. The summed E-state index contributed by atoms with van der Waals surface area (Å²) in [6, 6.07) is 10.4. The number of likely N-dealkylation sites (tertiary alicyclic amines) is 1. The fourth-order valence-corrected chi connectivity index (χ4v) is 3.44. The molecule has 3 rings (SSSR count). The van der Waals surface area contributed by atoms with Crippen LogP contribution in [0.1, 0.15) is 43.7 Å². The summed E-state index contributed by atoms with van der Waals surface area (Å²) < 4.78 is 0. The summed E-state index contributed by atoms with van der Waals surface area (Å²) in [5, 5.41) is 15.8. The molecule has 3 N–H and O–H groups in total. The predicted molar refractivity (Wildman–Crippen MR) is 90.2 cm³/mol. The van der Waals surface area contributed by atoms with E-state index in [0.717, 1.165) is 32.4 Å². The maximum absolute atomic E-state index is 12.0. The lowest BCUT2D eigenvalue weighted by molar-refractivity contribution is -0.0290. The Labute approximate surface area is 138 Å². The minimum atomic E-state index is -0.675. The number of carbonyl (C=O) groups excluding carboxylic acids is 1. The second kappa shape index (κ2) is 7.32. The minimum absolute atomic E-state index is 0.189. The number of nitrogens with one attached hydrogen (secondary N) is 2. The van der Waals surface area contributed by atoms with E-state index >= 15 is 0 Å². The van der Waals surface area contributed by atoms with E-state index in [2.05, 4.69) is 27.7 Å². The van der Waals surface area contributed by atoms with Crippen LogP contribution in [0.2, 0.25) is 0 Å². The number of benzene rings is 1. The Morgan fingerprint density at radius 2 is 1.83 bits per heavy atom. The molecule has 2 aliphatic rings. The van der Waals surface area contributed by atoms with Crippen LogP contribution < -0.4 is 10.6 Å². The van der Waals surface area contributed by atoms with Crippen LogP contribution in [-0.2, 0) is 0 Å². The van der Waals surface area contributed by atoms with Gasteiger partial charge >= 0.3 is 6.03 Å². The van der Waals surface area contributed by atoms with Gasteiger partial charge in [0.25, 0.3) is 0 Å². The summed E-state index contributed by atoms with van der Waals surface area (Å²) in [6.45, 7) is 3.11. The third-order valence-corrected chi connectivity index (χ3v) is 5.08. The number of aliphatic hydroxyl groups is 1. The first kappa shape index (κ1) is 16.3. The van der Waals surface area contributed by atoms with Crippen molar-refractivity contribution in [3.05, 3.63) is 35.9 Å². The van der Waals surface area contributed by atoms with E-state index in [1.165, 1.54) is 18.4 Å². The molecule has 0 unspecified atom stereocenters. The minimum Gasteiger partial charge on any atom is -0.388 e. The standard InChI is InChI=1S/C18H27N3O2/c22-17(20-14-18(23)9-6-10-18)19-13-16(21-11-4-5-12-21)15-7-2-1-3-8-15/h1-3,7-8,16,23H,4-6,9-14H2,(H2,19,20,22)/t16-/m0/s1. The number of urea groups is 1. The van der Waals surface area contributed by atoms with Gasteiger partial charge in [-0.1, -0.05) is 30.3 Å². The van der Waals surface area contributed by atoms with Crippen LogP contribution in [0, 0.1) is 0 Å². The molecule has 23 heavy (non-hydrogen) atoms. The lowest BCUT2D eigenvalue weighted by atomic mass is 9.80. The van der Waals surface area contributed by atoms with Gasteiger partial charge < -0.3 is 15.7 Å². The molecule has 1 aliphatic heterocycles. The fourth-order valence-electron chi connectivity index (χ4n) is 3.44. The molecule has 1 aliphatic carbocycles. The third kappa shape index (κ3) is 4.24. The van der Waals surface area contributed by atoms with E-state index in [0.29, 0.717) is 13.1 Å². The number of hydrogen-bond donors (Lipinski definition) is 3. The zero-order valence-corrected chi connectivity index (χ0v) is 13.6. The topological polar surface area (TPSA) is 64.6 Å². The summed E-state index contributed by atoms with van der Waals surface area (Å²) in [7, 11) is 0. The number of carbonyl (C=O) groups is 1. The number of hydrogen-bond acceptors (Lipinski definition) is 3. The van der Waals surface area contributed by atoms with E-state index in [4.69, 9.17) is 0 Å². The van der Waals surface area contributed by atoms with Gasteiger partial charge in [0.05, 0.1) is 11.6 Å². The lowest BCUT2D eigenvalue weighted by Gasteiger charge is -2.36. The van der Waals surface area contributed by atoms with E-state index < -0.39 is 5.60 Å². The highest BCUT2D eigenvalue weighted by atomic mass is 16.3. The second-order valence-electron chi connectivity index (χ2n) is 6.81. The van der Waals surface area contributed by atoms with Gasteiger partial charge in [-0.05, 0) is 50.8 Å². The highest BCUT2D eigenvalue weighted by Gasteiger charge is 2.34. The molecule has 0 aromatic heterocycles. The Morgan fingerprint density at radius 1 is 1.13 bits per heavy atom. The van der Waals surface area contributed by atoms with Crippen LogP contribution in [0.5, 0.6) is 0 Å². The maximum atomic E-state index is 12.0. The highest BCUT2D eigenvalue weighted by Crippen LogP contribution is 2.30. The van der Waals surface area contributed by atoms with Crippen LogP contribution in [0.25, 0.3) is 0 Å². The molecule has 1 aromatic rings. The molecule has 5 nitrogen and oxygen atoms in total. The normalized spacial score (nSPS) is 21.4. The van der Waals surface area contributed by atoms with Crippen molar-refractivity contribution < 1.29 is 9.90 Å². The molecular formula is C18H27N3O2. The van der Waals surface area contributed by atoms with Crippen molar-refractivity contribution in [2.24, 2.45) is 0 Å². The van der Waals surface area contributed by atoms with E-state index in [1.54, 1.807) is 0 Å². The van der Waals surface area contributed by atoms with E-state index in [1.807, 2.05) is 18.2 Å². The molecule has 1 aromatic carbocycles. The van der Waals surface area contributed by atoms with Crippen LogP contribution >= 0.6 is 0 Å². The summed E-state index contributed by atoms with van der Waals surface area (Å²) in [5.41, 5.74) is 0.567. The van der Waals surface area contributed by atoms with Crippen molar-refractivity contribution in [2.75, 3.05) is 26.2 Å². The first-order chi connectivity index (χ1) is 11.2. The second-order valence-corrected chi connectivity index (χ2v) is 6.81. The van der Waals surface area contributed by atoms with Crippen LogP contribution in [0.3, 0.4) is 0 Å². The zero-order chi connectivity index (χ0) is 16.1. The average molecular weight is 317 g/mol. The monoisotopic (exact) mass is 317 g/mol. The van der Waals surface area contributed by atoms with Gasteiger partial charge in [0.1, 0.15) is 0 Å². The molecule has 5 heteroatoms. The Morgan fingerprint density at radius 3 is 2.43 bits per heavy atom. The largest absolute Gasteiger partial charge is 0.388 e. The molecular weight excluding hydrogens is 290 g/mol. The molecule has 1 atom stereocenters. The van der Waals surface area contributed by atoms with Gasteiger partial charge in [-0.15, -0.1) is 0 Å². The first-order valence-corrected chi connectivity index (χ1v) is 8.69. The van der Waals surface area contributed by atoms with Crippen molar-refractivity contribution in [2.45, 2.75) is 43.7 Å². The molecule has 126 valence electrons. The van der Waals surface area contributed by atoms with Gasteiger partial charge in [-0.3, -0.25) is 4.90 Å². The van der Waals surface area contributed by atoms with Gasteiger partial charge in [-0.2, -0.15) is 0 Å². The first-order valence-electron chi connectivity index (χ1n) is 8.69. The Bertz CT molecular complexity index is 510. The quantitative estimate of drug-likeness (QED) is 0.752. The van der Waals surface area contributed by atoms with Crippen LogP contribution in [-0.4, -0.2) is 47.8 Å².